The van der Waals surface area contributed by atoms with Gasteiger partial charge in [0.25, 0.3) is 10.1 Å². The molecule has 5 amide bonds. The van der Waals surface area contributed by atoms with Crippen LogP contribution in [-0.2, 0) is 68.0 Å². The average molecular weight is 1050 g/mol. The van der Waals surface area contributed by atoms with E-state index >= 15 is 0 Å². The van der Waals surface area contributed by atoms with E-state index in [1.54, 1.807) is 73.6 Å². The number of hydrogen-bond acceptors (Lipinski definition) is 16. The highest BCUT2D eigenvalue weighted by molar-refractivity contribution is 7.87. The Labute approximate surface area is 423 Å². The number of amides is 5. The van der Waals surface area contributed by atoms with E-state index in [1.807, 2.05) is 13.8 Å². The summed E-state index contributed by atoms with van der Waals surface area (Å²) >= 11 is 0. The third kappa shape index (κ3) is 21.4. The summed E-state index contributed by atoms with van der Waals surface area (Å²) in [5.74, 6) is -8.14. The Morgan fingerprint density at radius 3 is 1.63 bits per heavy atom. The molecule has 2 bridgehead atoms. The molecule has 5 rings (SSSR count). The van der Waals surface area contributed by atoms with Crippen molar-refractivity contribution in [3.05, 3.63) is 65.2 Å². The van der Waals surface area contributed by atoms with Crippen LogP contribution in [0.4, 0.5) is 0 Å². The topological polar surface area (TPSA) is 354 Å². The van der Waals surface area contributed by atoms with Crippen molar-refractivity contribution in [1.82, 2.24) is 46.3 Å². The minimum absolute atomic E-state index is 0.0000966. The summed E-state index contributed by atoms with van der Waals surface area (Å²) in [6, 6.07) is 12.5. The molecule has 0 aromatic heterocycles. The maximum atomic E-state index is 13.9. The van der Waals surface area contributed by atoms with Crippen LogP contribution >= 0.6 is 0 Å². The fourth-order valence-electron chi connectivity index (χ4n) is 8.47. The molecule has 0 saturated carbocycles. The number of carboxylic acid groups (broad SMARTS) is 3. The minimum atomic E-state index is -5.06. The van der Waals surface area contributed by atoms with Crippen molar-refractivity contribution in [1.29, 1.82) is 0 Å². The molecule has 2 aromatic carbocycles. The fraction of sp³-hybridized carbons (Fsp3) is 0.574. The standard InChI is InChI=1S/C47H69N9O16S/c1-31(2)22-37-36(45(65)52-68)4-3-21-72-35-11-9-32(10-12-35)23-38(51-44(37)64)46(66)49-24-33-5-7-34(8-6-33)25-50-47(67)39(73(69,70)71)26-48-40(57)27-53-13-15-54(28-41(58)59)17-19-56(30-43(62)63)20-18-55(16-14-53)29-42(60)61/h5-12,31,36-39,68H,3-4,13-30H2,1-2H3,(H,48,57)(H,49,66)(H,50,67)(H,51,64)(H,52,65)(H,58,59)(H,60,61)(H,62,63)(H,69,70,71)/t36-,37+,38-,39?/m0/s1. The van der Waals surface area contributed by atoms with Crippen LogP contribution in [0, 0.1) is 17.8 Å². The smallest absolute Gasteiger partial charge is 0.317 e. The summed E-state index contributed by atoms with van der Waals surface area (Å²) in [4.78, 5) is 108. The lowest BCUT2D eigenvalue weighted by Crippen LogP contribution is -2.51. The third-order valence-corrected chi connectivity index (χ3v) is 13.5. The van der Waals surface area contributed by atoms with E-state index in [0.717, 1.165) is 5.56 Å². The Hall–Kier alpha value is -6.29. The lowest BCUT2D eigenvalue weighted by atomic mass is 9.81. The number of carbonyl (C=O) groups is 8. The second kappa shape index (κ2) is 29.4. The molecule has 1 unspecified atom stereocenters. The number of nitrogens with one attached hydrogen (secondary N) is 5. The number of fused-ring (bicyclic) bond motifs is 11. The van der Waals surface area contributed by atoms with Gasteiger partial charge in [-0.2, -0.15) is 8.42 Å². The Kier molecular flexibility index (Phi) is 23.9. The molecule has 3 aliphatic rings. The van der Waals surface area contributed by atoms with Gasteiger partial charge in [0.15, 0.2) is 5.25 Å². The predicted molar refractivity (Wildman–Crippen MR) is 260 cm³/mol. The summed E-state index contributed by atoms with van der Waals surface area (Å²) in [5, 5.41) is 46.3. The number of nitrogens with zero attached hydrogens (tertiary/aromatic N) is 4. The Morgan fingerprint density at radius 2 is 1.18 bits per heavy atom. The molecule has 3 aliphatic heterocycles. The molecule has 3 heterocycles. The van der Waals surface area contributed by atoms with Crippen LogP contribution in [0.1, 0.15) is 49.8 Å². The Balaban J connectivity index is 1.36. The number of rotatable bonds is 20. The first kappa shape index (κ1) is 59.3. The van der Waals surface area contributed by atoms with Gasteiger partial charge in [0.05, 0.1) is 38.7 Å². The zero-order chi connectivity index (χ0) is 53.7. The van der Waals surface area contributed by atoms with E-state index < -0.39 is 87.2 Å². The molecule has 1 saturated heterocycles. The molecule has 0 aliphatic carbocycles. The number of benzene rings is 2. The maximum absolute atomic E-state index is 13.9. The number of carbonyl (C=O) groups excluding carboxylic acids is 5. The summed E-state index contributed by atoms with van der Waals surface area (Å²) in [7, 11) is -5.06. The second-order valence-electron chi connectivity index (χ2n) is 18.6. The summed E-state index contributed by atoms with van der Waals surface area (Å²) in [5.41, 5.74) is 3.54. The van der Waals surface area contributed by atoms with Crippen molar-refractivity contribution in [3.8, 4) is 5.75 Å². The van der Waals surface area contributed by atoms with E-state index in [0.29, 0.717) is 29.7 Å². The lowest BCUT2D eigenvalue weighted by Gasteiger charge is -2.32. The number of hydroxylamine groups is 1. The van der Waals surface area contributed by atoms with E-state index in [9.17, 15) is 71.9 Å². The van der Waals surface area contributed by atoms with Crippen LogP contribution in [0.3, 0.4) is 0 Å². The highest BCUT2D eigenvalue weighted by Gasteiger charge is 2.36. The summed E-state index contributed by atoms with van der Waals surface area (Å²) < 4.78 is 40.6. The minimum Gasteiger partial charge on any atom is -0.494 e. The number of aliphatic carboxylic acids is 3. The van der Waals surface area contributed by atoms with Gasteiger partial charge in [0, 0.05) is 84.3 Å². The van der Waals surface area contributed by atoms with Crippen molar-refractivity contribution >= 4 is 57.6 Å². The van der Waals surface area contributed by atoms with E-state index in [2.05, 4.69) is 21.3 Å². The molecule has 26 heteroatoms. The zero-order valence-corrected chi connectivity index (χ0v) is 41.9. The molecular weight excluding hydrogens is 979 g/mol. The molecule has 1 fully saturated rings. The average Bonchev–Trinajstić information content (AvgIpc) is 3.32. The summed E-state index contributed by atoms with van der Waals surface area (Å²) in [6.45, 7) is 2.71. The molecule has 0 spiro atoms. The molecule has 25 nitrogen and oxygen atoms in total. The first-order valence-corrected chi connectivity index (χ1v) is 25.5. The Morgan fingerprint density at radius 1 is 0.699 bits per heavy atom. The van der Waals surface area contributed by atoms with E-state index in [1.165, 1.54) is 0 Å². The highest BCUT2D eigenvalue weighted by Crippen LogP contribution is 2.27. The van der Waals surface area contributed by atoms with Crippen molar-refractivity contribution in [2.24, 2.45) is 17.8 Å². The molecule has 73 heavy (non-hydrogen) atoms. The second-order valence-corrected chi connectivity index (χ2v) is 20.2. The maximum Gasteiger partial charge on any atom is 0.317 e. The van der Waals surface area contributed by atoms with E-state index in [4.69, 9.17) is 4.74 Å². The lowest BCUT2D eigenvalue weighted by molar-refractivity contribution is -0.142. The number of hydrogen-bond donors (Lipinski definition) is 10. The van der Waals surface area contributed by atoms with Gasteiger partial charge >= 0.3 is 17.9 Å². The SMILES string of the molecule is CC(C)C[C@H]1C(=O)N[C@H](C(=O)NCc2ccc(CNC(=O)C(CNC(=O)CN3CCN(CC(=O)O)CCN(CC(=O)O)CCN(CC(=O)O)CC3)S(=O)(=O)O)cc2)Cc2ccc(cc2)OCCC[C@@H]1C(=O)NO. The molecule has 4 atom stereocenters. The number of ether oxygens (including phenoxy) is 1. The monoisotopic (exact) mass is 1050 g/mol. The van der Waals surface area contributed by atoms with Gasteiger partial charge in [-0.15, -0.1) is 0 Å². The molecule has 2 aromatic rings. The normalized spacial score (nSPS) is 19.9. The highest BCUT2D eigenvalue weighted by atomic mass is 32.2. The van der Waals surface area contributed by atoms with Gasteiger partial charge in [-0.1, -0.05) is 50.2 Å². The molecule has 404 valence electrons. The first-order chi connectivity index (χ1) is 34.6. The van der Waals surface area contributed by atoms with Crippen LogP contribution in [0.15, 0.2) is 48.5 Å². The van der Waals surface area contributed by atoms with Crippen molar-refractivity contribution in [2.75, 3.05) is 91.7 Å². The third-order valence-electron chi connectivity index (χ3n) is 12.4. The van der Waals surface area contributed by atoms with Gasteiger partial charge in [-0.05, 0) is 54.0 Å². The largest absolute Gasteiger partial charge is 0.494 e. The van der Waals surface area contributed by atoms with Crippen molar-refractivity contribution in [2.45, 2.75) is 63.9 Å². The van der Waals surface area contributed by atoms with Crippen molar-refractivity contribution in [3.63, 3.8) is 0 Å². The fourth-order valence-corrected chi connectivity index (χ4v) is 9.12. The van der Waals surface area contributed by atoms with Crippen molar-refractivity contribution < 1.29 is 76.6 Å². The Bertz CT molecular complexity index is 2270. The number of carboxylic acids is 3. The molecular formula is C47H69N9O16S. The first-order valence-electron chi connectivity index (χ1n) is 24.0. The predicted octanol–water partition coefficient (Wildman–Crippen LogP) is -1.55. The van der Waals surface area contributed by atoms with Gasteiger partial charge < -0.3 is 41.3 Å². The van der Waals surface area contributed by atoms with Crippen LogP contribution in [0.2, 0.25) is 0 Å². The zero-order valence-electron chi connectivity index (χ0n) is 41.1. The molecule has 10 N–H and O–H groups in total. The van der Waals surface area contributed by atoms with Gasteiger partial charge in [0.2, 0.25) is 29.5 Å². The van der Waals surface area contributed by atoms with E-state index in [-0.39, 0.29) is 117 Å². The van der Waals surface area contributed by atoms with Gasteiger partial charge in [-0.3, -0.25) is 67.7 Å². The van der Waals surface area contributed by atoms with Gasteiger partial charge in [0.1, 0.15) is 11.8 Å². The summed E-state index contributed by atoms with van der Waals surface area (Å²) in [6.07, 6.45) is 1.09. The van der Waals surface area contributed by atoms with Gasteiger partial charge in [-0.25, -0.2) is 5.48 Å². The van der Waals surface area contributed by atoms with Crippen LogP contribution < -0.4 is 31.5 Å². The molecule has 0 radical (unpaired) electrons. The van der Waals surface area contributed by atoms with Crippen LogP contribution in [0.5, 0.6) is 5.75 Å². The quantitative estimate of drug-likeness (QED) is 0.0408. The van der Waals surface area contributed by atoms with Crippen LogP contribution in [0.25, 0.3) is 0 Å². The van der Waals surface area contributed by atoms with Crippen LogP contribution in [-0.4, -0.2) is 204 Å².